The molecule has 4 aromatic rings. The number of aromatic nitrogens is 4. The van der Waals surface area contributed by atoms with E-state index in [1.165, 1.54) is 0 Å². The van der Waals surface area contributed by atoms with E-state index in [4.69, 9.17) is 19.4 Å². The number of amides is 1. The third-order valence-corrected chi connectivity index (χ3v) is 6.70. The Hall–Kier alpha value is -4.02. The van der Waals surface area contributed by atoms with Crippen molar-refractivity contribution in [1.29, 1.82) is 0 Å². The van der Waals surface area contributed by atoms with Crippen LogP contribution in [0.4, 0.5) is 11.5 Å². The van der Waals surface area contributed by atoms with Gasteiger partial charge in [0.1, 0.15) is 23.3 Å². The van der Waals surface area contributed by atoms with Gasteiger partial charge in [-0.05, 0) is 38.4 Å². The lowest BCUT2D eigenvalue weighted by atomic mass is 10.0. The summed E-state index contributed by atoms with van der Waals surface area (Å²) in [6.07, 6.45) is 6.37. The standard InChI is InChI=1S/C27H29N7O3.CH4/c1-33(2)14-21-22(37-16-8-11-36-15-16)4-5-23(32-21)31-20-13-29-25(19-12-30-27(35)24(19)20)17-6-9-28-26-18(17)7-10-34(26)3;/h4-7,9-10,13,16H,8,11-12,14-15H2,1-3H3,(H,30,35)(H,31,32);1H4/t16-;/m0./s1. The number of rotatable bonds is 7. The molecular formula is C28H33N7O3. The number of nitrogens with zero attached hydrogens (tertiary/aromatic N) is 5. The molecule has 2 N–H and O–H groups in total. The molecule has 2 aliphatic heterocycles. The Labute approximate surface area is 222 Å². The molecule has 0 aromatic carbocycles. The maximum atomic E-state index is 12.9. The first-order valence-electron chi connectivity index (χ1n) is 12.3. The highest BCUT2D eigenvalue weighted by Gasteiger charge is 2.28. The molecule has 1 atom stereocenters. The normalized spacial score (nSPS) is 16.4. The predicted molar refractivity (Wildman–Crippen MR) is 147 cm³/mol. The number of anilines is 2. The van der Waals surface area contributed by atoms with Crippen molar-refractivity contribution in [3.8, 4) is 17.0 Å². The molecule has 6 heterocycles. The molecule has 10 heteroatoms. The van der Waals surface area contributed by atoms with E-state index in [1.54, 1.807) is 12.4 Å². The molecule has 0 bridgehead atoms. The molecule has 10 nitrogen and oxygen atoms in total. The third kappa shape index (κ3) is 4.68. The van der Waals surface area contributed by atoms with Gasteiger partial charge >= 0.3 is 0 Å². The van der Waals surface area contributed by atoms with Crippen LogP contribution in [0, 0.1) is 0 Å². The average molecular weight is 516 g/mol. The number of ether oxygens (including phenoxy) is 2. The van der Waals surface area contributed by atoms with Gasteiger partial charge in [-0.15, -0.1) is 0 Å². The summed E-state index contributed by atoms with van der Waals surface area (Å²) in [4.78, 5) is 29.1. The zero-order valence-electron chi connectivity index (χ0n) is 21.1. The lowest BCUT2D eigenvalue weighted by molar-refractivity contribution is 0.0966. The highest BCUT2D eigenvalue weighted by atomic mass is 16.5. The van der Waals surface area contributed by atoms with Crippen molar-refractivity contribution >= 4 is 28.4 Å². The van der Waals surface area contributed by atoms with Crippen molar-refractivity contribution in [3.63, 3.8) is 0 Å². The first-order valence-corrected chi connectivity index (χ1v) is 12.3. The first-order chi connectivity index (χ1) is 18.0. The summed E-state index contributed by atoms with van der Waals surface area (Å²) >= 11 is 0. The van der Waals surface area contributed by atoms with E-state index < -0.39 is 0 Å². The average Bonchev–Trinajstić information content (AvgIpc) is 3.62. The molecule has 6 rings (SSSR count). The Morgan fingerprint density at radius 2 is 2.11 bits per heavy atom. The molecule has 0 radical (unpaired) electrons. The van der Waals surface area contributed by atoms with Crippen LogP contribution in [-0.2, 0) is 24.9 Å². The minimum absolute atomic E-state index is 0. The molecule has 1 amide bonds. The van der Waals surface area contributed by atoms with Crippen LogP contribution in [0.1, 0.15) is 35.5 Å². The Kier molecular flexibility index (Phi) is 7.00. The highest BCUT2D eigenvalue weighted by molar-refractivity contribution is 6.06. The molecule has 0 unspecified atom stereocenters. The van der Waals surface area contributed by atoms with Gasteiger partial charge in [-0.2, -0.15) is 0 Å². The van der Waals surface area contributed by atoms with Gasteiger partial charge in [0.25, 0.3) is 5.91 Å². The zero-order chi connectivity index (χ0) is 25.5. The van der Waals surface area contributed by atoms with E-state index in [-0.39, 0.29) is 19.4 Å². The second kappa shape index (κ2) is 10.4. The topological polar surface area (TPSA) is 106 Å². The second-order valence-corrected chi connectivity index (χ2v) is 9.69. The van der Waals surface area contributed by atoms with Gasteiger partial charge in [0, 0.05) is 55.5 Å². The molecule has 1 fully saturated rings. The molecule has 2 aliphatic rings. The number of carbonyl (C=O) groups excluding carboxylic acids is 1. The summed E-state index contributed by atoms with van der Waals surface area (Å²) < 4.78 is 13.6. The number of carbonyl (C=O) groups is 1. The van der Waals surface area contributed by atoms with Crippen molar-refractivity contribution in [2.75, 3.05) is 32.6 Å². The van der Waals surface area contributed by atoms with Crippen LogP contribution in [-0.4, -0.2) is 63.7 Å². The lowest BCUT2D eigenvalue weighted by Crippen LogP contribution is -2.19. The number of nitrogens with one attached hydrogen (secondary N) is 2. The van der Waals surface area contributed by atoms with Crippen molar-refractivity contribution in [3.05, 3.63) is 59.7 Å². The maximum Gasteiger partial charge on any atom is 0.254 e. The first kappa shape index (κ1) is 25.6. The maximum absolute atomic E-state index is 12.9. The van der Waals surface area contributed by atoms with Crippen molar-refractivity contribution in [2.45, 2.75) is 33.0 Å². The van der Waals surface area contributed by atoms with Crippen molar-refractivity contribution in [2.24, 2.45) is 7.05 Å². The molecular weight excluding hydrogens is 482 g/mol. The van der Waals surface area contributed by atoms with E-state index in [2.05, 4.69) is 15.6 Å². The van der Waals surface area contributed by atoms with Gasteiger partial charge in [0.15, 0.2) is 0 Å². The fourth-order valence-corrected chi connectivity index (χ4v) is 4.94. The molecule has 4 aromatic heterocycles. The van der Waals surface area contributed by atoms with Crippen LogP contribution >= 0.6 is 0 Å². The van der Waals surface area contributed by atoms with E-state index in [0.717, 1.165) is 45.7 Å². The summed E-state index contributed by atoms with van der Waals surface area (Å²) in [7, 11) is 5.95. The van der Waals surface area contributed by atoms with Crippen molar-refractivity contribution in [1.82, 2.24) is 29.7 Å². The zero-order valence-corrected chi connectivity index (χ0v) is 21.1. The Bertz CT molecular complexity index is 1490. The fourth-order valence-electron chi connectivity index (χ4n) is 4.94. The van der Waals surface area contributed by atoms with Crippen LogP contribution in [0.2, 0.25) is 0 Å². The Morgan fingerprint density at radius 1 is 1.24 bits per heavy atom. The Balaban J connectivity index is 0.00000294. The SMILES string of the molecule is C.CN(C)Cc1nc(Nc2cnc(-c3ccnc4c3ccn4C)c3c2C(=O)NC3)ccc1O[C@H]1CCOC1. The van der Waals surface area contributed by atoms with Gasteiger partial charge < -0.3 is 29.6 Å². The van der Waals surface area contributed by atoms with Crippen LogP contribution in [0.5, 0.6) is 5.75 Å². The number of fused-ring (bicyclic) bond motifs is 2. The summed E-state index contributed by atoms with van der Waals surface area (Å²) in [5, 5.41) is 7.30. The third-order valence-electron chi connectivity index (χ3n) is 6.70. The minimum atomic E-state index is -0.130. The van der Waals surface area contributed by atoms with E-state index in [9.17, 15) is 4.79 Å². The van der Waals surface area contributed by atoms with Gasteiger partial charge in [0.2, 0.25) is 0 Å². The van der Waals surface area contributed by atoms with E-state index >= 15 is 0 Å². The molecule has 0 aliphatic carbocycles. The number of hydrogen-bond acceptors (Lipinski definition) is 8. The van der Waals surface area contributed by atoms with E-state index in [1.807, 2.05) is 61.1 Å². The molecule has 0 spiro atoms. The monoisotopic (exact) mass is 515 g/mol. The van der Waals surface area contributed by atoms with Crippen LogP contribution in [0.25, 0.3) is 22.3 Å². The van der Waals surface area contributed by atoms with Crippen LogP contribution in [0.3, 0.4) is 0 Å². The number of pyridine rings is 3. The van der Waals surface area contributed by atoms with Gasteiger partial charge in [0.05, 0.1) is 42.0 Å². The molecule has 1 saturated heterocycles. The van der Waals surface area contributed by atoms with Crippen LogP contribution < -0.4 is 15.4 Å². The molecule has 0 saturated carbocycles. The van der Waals surface area contributed by atoms with Gasteiger partial charge in [-0.3, -0.25) is 9.78 Å². The summed E-state index contributed by atoms with van der Waals surface area (Å²) in [5.74, 6) is 1.24. The Morgan fingerprint density at radius 3 is 2.89 bits per heavy atom. The number of aryl methyl sites for hydroxylation is 1. The minimum Gasteiger partial charge on any atom is -0.486 e. The van der Waals surface area contributed by atoms with Crippen molar-refractivity contribution < 1.29 is 14.3 Å². The van der Waals surface area contributed by atoms with Gasteiger partial charge in [-0.25, -0.2) is 9.97 Å². The lowest BCUT2D eigenvalue weighted by Gasteiger charge is -2.19. The highest BCUT2D eigenvalue weighted by Crippen LogP contribution is 2.36. The number of hydrogen-bond donors (Lipinski definition) is 2. The van der Waals surface area contributed by atoms with E-state index in [0.29, 0.717) is 43.4 Å². The summed E-state index contributed by atoms with van der Waals surface area (Å²) in [6, 6.07) is 7.77. The quantitative estimate of drug-likeness (QED) is 0.382. The largest absolute Gasteiger partial charge is 0.486 e. The molecule has 198 valence electrons. The summed E-state index contributed by atoms with van der Waals surface area (Å²) in [6.45, 7) is 2.33. The predicted octanol–water partition coefficient (Wildman–Crippen LogP) is 3.88. The smallest absolute Gasteiger partial charge is 0.254 e. The van der Waals surface area contributed by atoms with Crippen LogP contribution in [0.15, 0.2) is 42.9 Å². The van der Waals surface area contributed by atoms with Gasteiger partial charge in [-0.1, -0.05) is 7.43 Å². The summed E-state index contributed by atoms with van der Waals surface area (Å²) in [5.41, 5.74) is 5.49. The fraction of sp³-hybridized carbons (Fsp3) is 0.357. The molecule has 38 heavy (non-hydrogen) atoms. The second-order valence-electron chi connectivity index (χ2n) is 9.69.